The fourth-order valence-corrected chi connectivity index (χ4v) is 4.52. The lowest BCUT2D eigenvalue weighted by molar-refractivity contribution is -0.150. The zero-order chi connectivity index (χ0) is 24.7. The number of nitrogens with one attached hydrogen (secondary N) is 1. The molecule has 0 aromatic heterocycles. The lowest BCUT2D eigenvalue weighted by Crippen LogP contribution is -2.52. The first-order valence-corrected chi connectivity index (χ1v) is 11.9. The number of likely N-dealkylation sites (tertiary alicyclic amines) is 1. The number of hydrogen-bond donors (Lipinski definition) is 1. The van der Waals surface area contributed by atoms with E-state index in [2.05, 4.69) is 16.8 Å². The van der Waals surface area contributed by atoms with Crippen molar-refractivity contribution in [1.29, 1.82) is 0 Å². The van der Waals surface area contributed by atoms with Gasteiger partial charge in [-0.1, -0.05) is 35.9 Å². The quantitative estimate of drug-likeness (QED) is 0.441. The van der Waals surface area contributed by atoms with Gasteiger partial charge in [-0.05, 0) is 45.7 Å². The van der Waals surface area contributed by atoms with Crippen LogP contribution in [0.1, 0.15) is 43.9 Å². The van der Waals surface area contributed by atoms with E-state index in [1.54, 1.807) is 19.9 Å². The van der Waals surface area contributed by atoms with E-state index in [0.717, 1.165) is 30.5 Å². The maximum atomic E-state index is 13.2. The zero-order valence-corrected chi connectivity index (χ0v) is 20.3. The number of hydrogen-bond acceptors (Lipinski definition) is 6. The Morgan fingerprint density at radius 1 is 1.18 bits per heavy atom. The predicted molar refractivity (Wildman–Crippen MR) is 129 cm³/mol. The number of esters is 2. The Labute approximate surface area is 201 Å². The number of urea groups is 1. The molecule has 3 rings (SSSR count). The van der Waals surface area contributed by atoms with Gasteiger partial charge in [-0.25, -0.2) is 9.59 Å². The summed E-state index contributed by atoms with van der Waals surface area (Å²) in [5.74, 6) is -0.886. The molecular weight excluding hydrogens is 434 g/mol. The smallest absolute Gasteiger partial charge is 0.338 e. The zero-order valence-electron chi connectivity index (χ0n) is 20.3. The van der Waals surface area contributed by atoms with Crippen LogP contribution in [0.3, 0.4) is 0 Å². The molecule has 1 saturated heterocycles. The SMILES string of the molecule is C=CCN1C(=O)N[C@@H](c2ccc(C)cc2)C(C(=O)OCC)=C1CN1CCC[C@@H](C(=O)OCC)C1. The van der Waals surface area contributed by atoms with Crippen molar-refractivity contribution in [3.05, 3.63) is 59.3 Å². The summed E-state index contributed by atoms with van der Waals surface area (Å²) in [5, 5.41) is 2.98. The number of piperidine rings is 1. The third-order valence-electron chi connectivity index (χ3n) is 6.15. The summed E-state index contributed by atoms with van der Waals surface area (Å²) < 4.78 is 10.7. The Balaban J connectivity index is 2.02. The van der Waals surface area contributed by atoms with E-state index in [9.17, 15) is 14.4 Å². The van der Waals surface area contributed by atoms with Crippen molar-refractivity contribution in [1.82, 2.24) is 15.1 Å². The van der Waals surface area contributed by atoms with E-state index in [-0.39, 0.29) is 31.1 Å². The Kier molecular flexibility index (Phi) is 8.87. The maximum absolute atomic E-state index is 13.2. The Bertz CT molecular complexity index is 940. The number of rotatable bonds is 9. The molecular formula is C26H35N3O5. The summed E-state index contributed by atoms with van der Waals surface area (Å²) in [7, 11) is 0. The van der Waals surface area contributed by atoms with Crippen LogP contribution in [0.5, 0.6) is 0 Å². The molecule has 2 amide bonds. The molecule has 184 valence electrons. The van der Waals surface area contributed by atoms with Crippen LogP contribution in [0.4, 0.5) is 4.79 Å². The maximum Gasteiger partial charge on any atom is 0.338 e. The molecule has 2 aliphatic rings. The van der Waals surface area contributed by atoms with Crippen LogP contribution in [0.2, 0.25) is 0 Å². The van der Waals surface area contributed by atoms with Gasteiger partial charge in [0.25, 0.3) is 0 Å². The highest BCUT2D eigenvalue weighted by atomic mass is 16.5. The molecule has 0 saturated carbocycles. The van der Waals surface area contributed by atoms with Crippen LogP contribution in [0.25, 0.3) is 0 Å². The average Bonchev–Trinajstić information content (AvgIpc) is 2.82. The van der Waals surface area contributed by atoms with Gasteiger partial charge in [-0.3, -0.25) is 14.6 Å². The van der Waals surface area contributed by atoms with Crippen LogP contribution >= 0.6 is 0 Å². The predicted octanol–water partition coefficient (Wildman–Crippen LogP) is 3.34. The van der Waals surface area contributed by atoms with Crippen molar-refractivity contribution in [2.45, 2.75) is 39.7 Å². The molecule has 34 heavy (non-hydrogen) atoms. The molecule has 1 aromatic carbocycles. The molecule has 1 N–H and O–H groups in total. The number of carbonyl (C=O) groups is 3. The normalized spacial score (nSPS) is 21.1. The number of benzene rings is 1. The summed E-state index contributed by atoms with van der Waals surface area (Å²) >= 11 is 0. The van der Waals surface area contributed by atoms with Gasteiger partial charge in [0.15, 0.2) is 0 Å². The van der Waals surface area contributed by atoms with E-state index < -0.39 is 12.0 Å². The van der Waals surface area contributed by atoms with Gasteiger partial charge in [0.1, 0.15) is 0 Å². The second-order valence-electron chi connectivity index (χ2n) is 8.60. The molecule has 8 nitrogen and oxygen atoms in total. The molecule has 1 fully saturated rings. The molecule has 0 unspecified atom stereocenters. The van der Waals surface area contributed by atoms with E-state index in [0.29, 0.717) is 31.0 Å². The molecule has 2 heterocycles. The van der Waals surface area contributed by atoms with Crippen LogP contribution in [0.15, 0.2) is 48.2 Å². The highest BCUT2D eigenvalue weighted by molar-refractivity contribution is 5.95. The third-order valence-corrected chi connectivity index (χ3v) is 6.15. The lowest BCUT2D eigenvalue weighted by Gasteiger charge is -2.39. The van der Waals surface area contributed by atoms with Gasteiger partial charge in [-0.2, -0.15) is 0 Å². The minimum Gasteiger partial charge on any atom is -0.466 e. The molecule has 2 aliphatic heterocycles. The van der Waals surface area contributed by atoms with Gasteiger partial charge in [-0.15, -0.1) is 6.58 Å². The van der Waals surface area contributed by atoms with Crippen molar-refractivity contribution in [3.8, 4) is 0 Å². The number of ether oxygens (including phenoxy) is 2. The molecule has 0 aliphatic carbocycles. The van der Waals surface area contributed by atoms with E-state index in [1.807, 2.05) is 31.2 Å². The fraction of sp³-hybridized carbons (Fsp3) is 0.500. The minimum atomic E-state index is -0.631. The number of carbonyl (C=O) groups excluding carboxylic acids is 3. The second-order valence-corrected chi connectivity index (χ2v) is 8.60. The molecule has 0 radical (unpaired) electrons. The standard InChI is InChI=1S/C26H35N3O5/c1-5-14-29-21(17-28-15-8-9-20(16-28)24(30)33-6-2)22(25(31)34-7-3)23(27-26(29)32)19-12-10-18(4)11-13-19/h5,10-13,20,23H,1,6-9,14-17H2,2-4H3,(H,27,32)/t20-,23+/m1/s1. The van der Waals surface area contributed by atoms with Crippen LogP contribution in [-0.2, 0) is 19.1 Å². The first kappa shape index (κ1) is 25.5. The highest BCUT2D eigenvalue weighted by Crippen LogP contribution is 2.33. The molecule has 0 spiro atoms. The number of aryl methyl sites for hydroxylation is 1. The molecule has 8 heteroatoms. The minimum absolute atomic E-state index is 0.200. The topological polar surface area (TPSA) is 88.2 Å². The lowest BCUT2D eigenvalue weighted by atomic mass is 9.92. The largest absolute Gasteiger partial charge is 0.466 e. The third kappa shape index (κ3) is 5.86. The van der Waals surface area contributed by atoms with E-state index in [4.69, 9.17) is 9.47 Å². The first-order valence-electron chi connectivity index (χ1n) is 11.9. The van der Waals surface area contributed by atoms with Crippen molar-refractivity contribution < 1.29 is 23.9 Å². The molecule has 0 bridgehead atoms. The first-order chi connectivity index (χ1) is 16.4. The number of nitrogens with zero attached hydrogens (tertiary/aromatic N) is 2. The Morgan fingerprint density at radius 3 is 2.53 bits per heavy atom. The Hall–Kier alpha value is -3.13. The van der Waals surface area contributed by atoms with Gasteiger partial charge in [0.2, 0.25) is 0 Å². The summed E-state index contributed by atoms with van der Waals surface area (Å²) in [4.78, 5) is 42.4. The van der Waals surface area contributed by atoms with Crippen molar-refractivity contribution in [2.24, 2.45) is 5.92 Å². The van der Waals surface area contributed by atoms with Crippen molar-refractivity contribution >= 4 is 18.0 Å². The van der Waals surface area contributed by atoms with Gasteiger partial charge in [0.05, 0.1) is 30.7 Å². The molecule has 2 atom stereocenters. The van der Waals surface area contributed by atoms with Gasteiger partial charge < -0.3 is 14.8 Å². The summed E-state index contributed by atoms with van der Waals surface area (Å²) in [6, 6.07) is 6.81. The van der Waals surface area contributed by atoms with Crippen LogP contribution in [-0.4, -0.2) is 67.2 Å². The summed E-state index contributed by atoms with van der Waals surface area (Å²) in [5.41, 5.74) is 2.88. The summed E-state index contributed by atoms with van der Waals surface area (Å²) in [6.45, 7) is 11.8. The van der Waals surface area contributed by atoms with Gasteiger partial charge in [0, 0.05) is 25.3 Å². The molecule has 1 aromatic rings. The average molecular weight is 470 g/mol. The second kappa shape index (κ2) is 11.8. The van der Waals surface area contributed by atoms with E-state index in [1.165, 1.54) is 4.90 Å². The van der Waals surface area contributed by atoms with Crippen LogP contribution < -0.4 is 5.32 Å². The van der Waals surface area contributed by atoms with Gasteiger partial charge >= 0.3 is 18.0 Å². The Morgan fingerprint density at radius 2 is 1.88 bits per heavy atom. The summed E-state index contributed by atoms with van der Waals surface area (Å²) in [6.07, 6.45) is 3.23. The van der Waals surface area contributed by atoms with Crippen LogP contribution in [0, 0.1) is 12.8 Å². The van der Waals surface area contributed by atoms with Crippen molar-refractivity contribution in [3.63, 3.8) is 0 Å². The fourth-order valence-electron chi connectivity index (χ4n) is 4.52. The monoisotopic (exact) mass is 469 g/mol. The number of amides is 2. The highest BCUT2D eigenvalue weighted by Gasteiger charge is 2.39. The van der Waals surface area contributed by atoms with E-state index >= 15 is 0 Å². The van der Waals surface area contributed by atoms with Crippen molar-refractivity contribution in [2.75, 3.05) is 39.4 Å².